The molecular weight excluding hydrogens is 354 g/mol. The number of amides is 3. The van der Waals surface area contributed by atoms with Crippen LogP contribution in [0.4, 0.5) is 4.79 Å². The average molecular weight is 381 g/mol. The second-order valence-electron chi connectivity index (χ2n) is 7.81. The number of benzene rings is 1. The summed E-state index contributed by atoms with van der Waals surface area (Å²) in [6, 6.07) is 14.1. The maximum Gasteiger partial charge on any atom is 0.317 e. The summed E-state index contributed by atoms with van der Waals surface area (Å²) in [4.78, 5) is 26.0. The molecule has 1 aromatic carbocycles. The van der Waals surface area contributed by atoms with Gasteiger partial charge in [-0.25, -0.2) is 4.79 Å². The molecule has 1 spiro atoms. The number of piperidine rings is 1. The number of nitrogens with one attached hydrogen (secondary N) is 2. The Morgan fingerprint density at radius 3 is 2.57 bits per heavy atom. The lowest BCUT2D eigenvalue weighted by Crippen LogP contribution is -2.54. The second kappa shape index (κ2) is 8.09. The monoisotopic (exact) mass is 381 g/mol. The Hall–Kier alpha value is -2.76. The minimum absolute atomic E-state index is 0.0227. The molecule has 0 bridgehead atoms. The lowest BCUT2D eigenvalue weighted by molar-refractivity contribution is -0.120. The van der Waals surface area contributed by atoms with Gasteiger partial charge in [0.05, 0.1) is 6.26 Å². The van der Waals surface area contributed by atoms with E-state index in [1.165, 1.54) is 5.56 Å². The molecule has 2 aliphatic heterocycles. The predicted octanol–water partition coefficient (Wildman–Crippen LogP) is 3.26. The normalized spacial score (nSPS) is 19.4. The van der Waals surface area contributed by atoms with Crippen LogP contribution in [0.25, 0.3) is 0 Å². The van der Waals surface area contributed by atoms with E-state index in [1.807, 2.05) is 35.2 Å². The molecule has 2 N–H and O–H groups in total. The number of rotatable bonds is 5. The van der Waals surface area contributed by atoms with Crippen molar-refractivity contribution < 1.29 is 14.0 Å². The molecule has 6 heteroatoms. The van der Waals surface area contributed by atoms with E-state index in [2.05, 4.69) is 22.8 Å². The molecule has 2 aromatic rings. The Morgan fingerprint density at radius 2 is 1.93 bits per heavy atom. The standard InChI is InChI=1S/C22H27N3O3/c26-20-8-10-22(24-20)11-14-25(15-12-22)21(27)23-13-9-18(19-7-4-16-28-19)17-5-2-1-3-6-17/h1-7,16,18H,8-15H2,(H,23,27)(H,24,26). The van der Waals surface area contributed by atoms with E-state index < -0.39 is 0 Å². The summed E-state index contributed by atoms with van der Waals surface area (Å²) in [5.74, 6) is 1.18. The van der Waals surface area contributed by atoms with Gasteiger partial charge in [0.25, 0.3) is 0 Å². The van der Waals surface area contributed by atoms with Crippen LogP contribution in [0.5, 0.6) is 0 Å². The number of nitrogens with zero attached hydrogens (tertiary/aromatic N) is 1. The molecule has 6 nitrogen and oxygen atoms in total. The molecule has 2 saturated heterocycles. The fourth-order valence-corrected chi connectivity index (χ4v) is 4.37. The van der Waals surface area contributed by atoms with E-state index in [4.69, 9.17) is 4.42 Å². The lowest BCUT2D eigenvalue weighted by atomic mass is 9.86. The zero-order chi connectivity index (χ0) is 19.4. The van der Waals surface area contributed by atoms with Gasteiger partial charge in [0.1, 0.15) is 5.76 Å². The molecule has 0 aliphatic carbocycles. The van der Waals surface area contributed by atoms with E-state index >= 15 is 0 Å². The number of urea groups is 1. The van der Waals surface area contributed by atoms with Crippen molar-refractivity contribution in [2.75, 3.05) is 19.6 Å². The van der Waals surface area contributed by atoms with Crippen LogP contribution in [0.2, 0.25) is 0 Å². The minimum atomic E-state index is -0.0778. The van der Waals surface area contributed by atoms with Crippen LogP contribution >= 0.6 is 0 Å². The molecule has 28 heavy (non-hydrogen) atoms. The molecule has 148 valence electrons. The van der Waals surface area contributed by atoms with Crippen molar-refractivity contribution in [1.82, 2.24) is 15.5 Å². The number of hydrogen-bond acceptors (Lipinski definition) is 3. The SMILES string of the molecule is O=C1CCC2(CCN(C(=O)NCCC(c3ccccc3)c3ccco3)CC2)N1. The summed E-state index contributed by atoms with van der Waals surface area (Å²) in [5, 5.41) is 6.17. The summed E-state index contributed by atoms with van der Waals surface area (Å²) in [6.45, 7) is 1.95. The van der Waals surface area contributed by atoms with Crippen LogP contribution in [-0.4, -0.2) is 42.0 Å². The molecule has 3 amide bonds. The quantitative estimate of drug-likeness (QED) is 0.835. The number of hydrogen-bond donors (Lipinski definition) is 2. The number of carbonyl (C=O) groups excluding carboxylic acids is 2. The van der Waals surface area contributed by atoms with Crippen LogP contribution in [-0.2, 0) is 4.79 Å². The summed E-state index contributed by atoms with van der Waals surface area (Å²) in [5.41, 5.74) is 1.11. The van der Waals surface area contributed by atoms with Crippen LogP contribution in [0.3, 0.4) is 0 Å². The van der Waals surface area contributed by atoms with Gasteiger partial charge >= 0.3 is 6.03 Å². The Morgan fingerprint density at radius 1 is 1.14 bits per heavy atom. The highest BCUT2D eigenvalue weighted by Crippen LogP contribution is 2.31. The minimum Gasteiger partial charge on any atom is -0.469 e. The van der Waals surface area contributed by atoms with E-state index in [-0.39, 0.29) is 23.4 Å². The van der Waals surface area contributed by atoms with Crippen molar-refractivity contribution in [1.29, 1.82) is 0 Å². The summed E-state index contributed by atoms with van der Waals surface area (Å²) in [6.07, 6.45) is 5.64. The van der Waals surface area contributed by atoms with Crippen molar-refractivity contribution in [2.45, 2.75) is 43.6 Å². The van der Waals surface area contributed by atoms with E-state index in [9.17, 15) is 9.59 Å². The van der Waals surface area contributed by atoms with E-state index in [0.717, 1.165) is 31.4 Å². The van der Waals surface area contributed by atoms with Crippen LogP contribution in [0, 0.1) is 0 Å². The molecule has 0 radical (unpaired) electrons. The van der Waals surface area contributed by atoms with E-state index in [1.54, 1.807) is 6.26 Å². The number of carbonyl (C=O) groups is 2. The Labute approximate surface area is 165 Å². The second-order valence-corrected chi connectivity index (χ2v) is 7.81. The van der Waals surface area contributed by atoms with Crippen molar-refractivity contribution in [3.63, 3.8) is 0 Å². The van der Waals surface area contributed by atoms with Gasteiger partial charge in [-0.2, -0.15) is 0 Å². The number of likely N-dealkylation sites (tertiary alicyclic amines) is 1. The summed E-state index contributed by atoms with van der Waals surface area (Å²) in [7, 11) is 0. The Bertz CT molecular complexity index is 796. The molecule has 2 aliphatic rings. The first kappa shape index (κ1) is 18.6. The van der Waals surface area contributed by atoms with Crippen LogP contribution in [0.15, 0.2) is 53.1 Å². The summed E-state index contributed by atoms with van der Waals surface area (Å²) >= 11 is 0. The molecule has 3 heterocycles. The van der Waals surface area contributed by atoms with Crippen molar-refractivity contribution in [2.24, 2.45) is 0 Å². The highest BCUT2D eigenvalue weighted by molar-refractivity contribution is 5.79. The molecular formula is C22H27N3O3. The third-order valence-electron chi connectivity index (χ3n) is 6.04. The molecule has 0 saturated carbocycles. The van der Waals surface area contributed by atoms with Crippen molar-refractivity contribution >= 4 is 11.9 Å². The average Bonchev–Trinajstić information content (AvgIpc) is 3.37. The molecule has 1 aromatic heterocycles. The van der Waals surface area contributed by atoms with Gasteiger partial charge in [0.15, 0.2) is 0 Å². The van der Waals surface area contributed by atoms with Gasteiger partial charge in [-0.05, 0) is 43.4 Å². The largest absolute Gasteiger partial charge is 0.469 e. The third-order valence-corrected chi connectivity index (χ3v) is 6.04. The highest BCUT2D eigenvalue weighted by atomic mass is 16.3. The van der Waals surface area contributed by atoms with Gasteiger partial charge in [0.2, 0.25) is 5.91 Å². The zero-order valence-electron chi connectivity index (χ0n) is 16.0. The smallest absolute Gasteiger partial charge is 0.317 e. The molecule has 2 fully saturated rings. The first-order chi connectivity index (χ1) is 13.7. The maximum absolute atomic E-state index is 12.6. The van der Waals surface area contributed by atoms with E-state index in [0.29, 0.717) is 26.1 Å². The van der Waals surface area contributed by atoms with Gasteiger partial charge < -0.3 is 20.0 Å². The van der Waals surface area contributed by atoms with Gasteiger partial charge in [-0.3, -0.25) is 4.79 Å². The van der Waals surface area contributed by atoms with Gasteiger partial charge in [-0.15, -0.1) is 0 Å². The number of furan rings is 1. The highest BCUT2D eigenvalue weighted by Gasteiger charge is 2.40. The fraction of sp³-hybridized carbons (Fsp3) is 0.455. The Balaban J connectivity index is 1.29. The lowest BCUT2D eigenvalue weighted by Gasteiger charge is -2.39. The van der Waals surface area contributed by atoms with Crippen LogP contribution in [0.1, 0.15) is 49.3 Å². The predicted molar refractivity (Wildman–Crippen MR) is 106 cm³/mol. The van der Waals surface area contributed by atoms with Crippen molar-refractivity contribution in [3.05, 3.63) is 60.1 Å². The summed E-state index contributed by atoms with van der Waals surface area (Å²) < 4.78 is 5.63. The maximum atomic E-state index is 12.6. The molecule has 1 unspecified atom stereocenters. The van der Waals surface area contributed by atoms with Crippen LogP contribution < -0.4 is 10.6 Å². The molecule has 1 atom stereocenters. The Kier molecular flexibility index (Phi) is 5.37. The first-order valence-corrected chi connectivity index (χ1v) is 10.1. The third kappa shape index (κ3) is 4.06. The zero-order valence-corrected chi connectivity index (χ0v) is 16.0. The topological polar surface area (TPSA) is 74.6 Å². The van der Waals surface area contributed by atoms with Gasteiger partial charge in [-0.1, -0.05) is 30.3 Å². The first-order valence-electron chi connectivity index (χ1n) is 10.1. The van der Waals surface area contributed by atoms with Gasteiger partial charge in [0, 0.05) is 37.5 Å². The van der Waals surface area contributed by atoms with Crippen molar-refractivity contribution in [3.8, 4) is 0 Å². The molecule has 4 rings (SSSR count). The fourth-order valence-electron chi connectivity index (χ4n) is 4.37.